The first kappa shape index (κ1) is 21.1. The highest BCUT2D eigenvalue weighted by Crippen LogP contribution is 2.26. The minimum atomic E-state index is -2.64. The first-order chi connectivity index (χ1) is 11.1. The van der Waals surface area contributed by atoms with Crippen LogP contribution >= 0.6 is 0 Å². The fourth-order valence-electron chi connectivity index (χ4n) is 2.22. The lowest BCUT2D eigenvalue weighted by atomic mass is 10.1. The summed E-state index contributed by atoms with van der Waals surface area (Å²) in [5.74, 6) is 0.325. The molecular weight excluding hydrogens is 312 g/mol. The lowest BCUT2D eigenvalue weighted by Crippen LogP contribution is -2.49. The van der Waals surface area contributed by atoms with E-state index in [9.17, 15) is 0 Å². The Hall–Kier alpha value is 0.0169. The number of hydrogen-bond donors (Lipinski definition) is 0. The third kappa shape index (κ3) is 8.61. The second kappa shape index (κ2) is 11.6. The molecule has 0 aromatic carbocycles. The molecule has 1 saturated heterocycles. The lowest BCUT2D eigenvalue weighted by molar-refractivity contribution is 0.0109. The fourth-order valence-corrected chi connectivity index (χ4v) is 5.49. The second-order valence-corrected chi connectivity index (χ2v) is 9.04. The topological polar surface area (TPSA) is 49.5 Å². The molecule has 0 saturated carbocycles. The number of hydrogen-bond acceptors (Lipinski definition) is 5. The quantitative estimate of drug-likeness (QED) is 0.334. The van der Waals surface area contributed by atoms with E-state index in [2.05, 4.69) is 34.6 Å². The van der Waals surface area contributed by atoms with Crippen molar-refractivity contribution in [2.24, 2.45) is 5.92 Å². The van der Waals surface area contributed by atoms with E-state index in [1.54, 1.807) is 0 Å². The SMILES string of the molecule is CCCO[Si](CC(C)C(C)OCC1CO1)(OCCC)OCCC. The predicted molar refractivity (Wildman–Crippen MR) is 93.6 cm³/mol. The van der Waals surface area contributed by atoms with Crippen molar-refractivity contribution in [3.8, 4) is 0 Å². The van der Waals surface area contributed by atoms with E-state index in [4.69, 9.17) is 22.8 Å². The maximum Gasteiger partial charge on any atom is 0.501 e. The van der Waals surface area contributed by atoms with Gasteiger partial charge in [-0.15, -0.1) is 0 Å². The van der Waals surface area contributed by atoms with Gasteiger partial charge in [-0.3, -0.25) is 0 Å². The first-order valence-electron chi connectivity index (χ1n) is 9.21. The average molecular weight is 349 g/mol. The summed E-state index contributed by atoms with van der Waals surface area (Å²) in [5, 5.41) is 0. The first-order valence-corrected chi connectivity index (χ1v) is 11.1. The Kier molecular flexibility index (Phi) is 10.6. The zero-order chi connectivity index (χ0) is 17.1. The van der Waals surface area contributed by atoms with Gasteiger partial charge in [-0.1, -0.05) is 27.7 Å². The zero-order valence-corrected chi connectivity index (χ0v) is 16.6. The molecule has 138 valence electrons. The normalized spacial score (nSPS) is 20.5. The van der Waals surface area contributed by atoms with Gasteiger partial charge in [0.2, 0.25) is 0 Å². The minimum Gasteiger partial charge on any atom is -0.375 e. The van der Waals surface area contributed by atoms with Crippen molar-refractivity contribution in [2.45, 2.75) is 72.1 Å². The van der Waals surface area contributed by atoms with Gasteiger partial charge in [0.1, 0.15) is 6.10 Å². The molecule has 0 aromatic rings. The zero-order valence-electron chi connectivity index (χ0n) is 15.6. The summed E-state index contributed by atoms with van der Waals surface area (Å²) < 4.78 is 29.6. The van der Waals surface area contributed by atoms with Gasteiger partial charge < -0.3 is 22.8 Å². The van der Waals surface area contributed by atoms with Gasteiger partial charge in [0.15, 0.2) is 0 Å². The van der Waals surface area contributed by atoms with Crippen LogP contribution in [0.15, 0.2) is 0 Å². The molecule has 3 unspecified atom stereocenters. The molecule has 1 aliphatic heterocycles. The Morgan fingerprint density at radius 2 is 1.43 bits per heavy atom. The van der Waals surface area contributed by atoms with Crippen molar-refractivity contribution >= 4 is 8.80 Å². The van der Waals surface area contributed by atoms with Crippen LogP contribution in [0, 0.1) is 5.92 Å². The van der Waals surface area contributed by atoms with E-state index < -0.39 is 8.80 Å². The third-order valence-corrected chi connectivity index (χ3v) is 6.97. The van der Waals surface area contributed by atoms with Crippen LogP contribution in [-0.4, -0.2) is 54.0 Å². The van der Waals surface area contributed by atoms with Gasteiger partial charge in [0.25, 0.3) is 0 Å². The van der Waals surface area contributed by atoms with E-state index in [1.807, 2.05) is 0 Å². The van der Waals surface area contributed by atoms with Crippen molar-refractivity contribution in [3.63, 3.8) is 0 Å². The number of ether oxygens (including phenoxy) is 2. The van der Waals surface area contributed by atoms with Crippen molar-refractivity contribution in [3.05, 3.63) is 0 Å². The largest absolute Gasteiger partial charge is 0.501 e. The molecule has 1 fully saturated rings. The van der Waals surface area contributed by atoms with Crippen molar-refractivity contribution in [1.29, 1.82) is 0 Å². The van der Waals surface area contributed by atoms with Crippen LogP contribution in [0.1, 0.15) is 53.9 Å². The van der Waals surface area contributed by atoms with E-state index in [-0.39, 0.29) is 6.10 Å². The second-order valence-electron chi connectivity index (χ2n) is 6.40. The molecule has 0 bridgehead atoms. The maximum atomic E-state index is 6.16. The van der Waals surface area contributed by atoms with Gasteiger partial charge in [-0.05, 0) is 32.1 Å². The van der Waals surface area contributed by atoms with Gasteiger partial charge >= 0.3 is 8.80 Å². The molecule has 6 heteroatoms. The monoisotopic (exact) mass is 348 g/mol. The van der Waals surface area contributed by atoms with Crippen LogP contribution in [0.5, 0.6) is 0 Å². The molecule has 0 radical (unpaired) electrons. The average Bonchev–Trinajstić information content (AvgIpc) is 3.38. The Morgan fingerprint density at radius 1 is 0.957 bits per heavy atom. The smallest absolute Gasteiger partial charge is 0.375 e. The van der Waals surface area contributed by atoms with Crippen LogP contribution in [0.3, 0.4) is 0 Å². The van der Waals surface area contributed by atoms with Gasteiger partial charge in [-0.2, -0.15) is 0 Å². The highest BCUT2D eigenvalue weighted by Gasteiger charge is 2.43. The van der Waals surface area contributed by atoms with Crippen LogP contribution in [0.4, 0.5) is 0 Å². The Bertz CT molecular complexity index is 277. The Labute approximate surface area is 143 Å². The Balaban J connectivity index is 2.60. The summed E-state index contributed by atoms with van der Waals surface area (Å²) in [4.78, 5) is 0. The van der Waals surface area contributed by atoms with E-state index in [0.717, 1.165) is 31.9 Å². The summed E-state index contributed by atoms with van der Waals surface area (Å²) in [6.07, 6.45) is 3.36. The number of epoxide rings is 1. The molecule has 23 heavy (non-hydrogen) atoms. The maximum absolute atomic E-state index is 6.16. The van der Waals surface area contributed by atoms with Gasteiger partial charge in [0, 0.05) is 25.9 Å². The van der Waals surface area contributed by atoms with E-state index in [1.165, 1.54) is 0 Å². The van der Waals surface area contributed by atoms with Crippen LogP contribution in [0.25, 0.3) is 0 Å². The minimum absolute atomic E-state index is 0.145. The standard InChI is InChI=1S/C17H36O5Si/c1-6-9-20-23(21-10-7-2,22-11-8-3)14-15(4)16(5)18-12-17-13-19-17/h15-17H,6-14H2,1-5H3. The number of rotatable bonds is 15. The highest BCUT2D eigenvalue weighted by atomic mass is 28.4. The van der Waals surface area contributed by atoms with Gasteiger partial charge in [0.05, 0.1) is 19.3 Å². The summed E-state index contributed by atoms with van der Waals surface area (Å²) in [6.45, 7) is 14.2. The lowest BCUT2D eigenvalue weighted by Gasteiger charge is -2.33. The molecule has 0 aliphatic carbocycles. The molecule has 5 nitrogen and oxygen atoms in total. The molecule has 0 spiro atoms. The fraction of sp³-hybridized carbons (Fsp3) is 1.00. The molecule has 3 atom stereocenters. The Morgan fingerprint density at radius 3 is 1.83 bits per heavy atom. The van der Waals surface area contributed by atoms with E-state index >= 15 is 0 Å². The van der Waals surface area contributed by atoms with Crippen LogP contribution in [-0.2, 0) is 22.8 Å². The molecule has 1 aliphatic rings. The van der Waals surface area contributed by atoms with Crippen molar-refractivity contribution in [2.75, 3.05) is 33.0 Å². The van der Waals surface area contributed by atoms with E-state index in [0.29, 0.717) is 38.4 Å². The summed E-state index contributed by atoms with van der Waals surface area (Å²) in [7, 11) is -2.64. The van der Waals surface area contributed by atoms with Gasteiger partial charge in [-0.25, -0.2) is 0 Å². The molecule has 0 amide bonds. The summed E-state index contributed by atoms with van der Waals surface area (Å²) in [6, 6.07) is 0.805. The van der Waals surface area contributed by atoms with Crippen molar-refractivity contribution < 1.29 is 22.8 Å². The molecular formula is C17H36O5Si. The highest BCUT2D eigenvalue weighted by molar-refractivity contribution is 6.60. The molecule has 1 rings (SSSR count). The van der Waals surface area contributed by atoms with Crippen LogP contribution < -0.4 is 0 Å². The van der Waals surface area contributed by atoms with Crippen LogP contribution in [0.2, 0.25) is 6.04 Å². The molecule has 0 aromatic heterocycles. The molecule has 0 N–H and O–H groups in total. The predicted octanol–water partition coefficient (Wildman–Crippen LogP) is 3.65. The summed E-state index contributed by atoms with van der Waals surface area (Å²) >= 11 is 0. The molecule has 1 heterocycles. The third-order valence-electron chi connectivity index (χ3n) is 3.90. The summed E-state index contributed by atoms with van der Waals surface area (Å²) in [5.41, 5.74) is 0. The van der Waals surface area contributed by atoms with Crippen molar-refractivity contribution in [1.82, 2.24) is 0 Å².